The summed E-state index contributed by atoms with van der Waals surface area (Å²) in [4.78, 5) is 0. The summed E-state index contributed by atoms with van der Waals surface area (Å²) >= 11 is 12.3. The van der Waals surface area contributed by atoms with Gasteiger partial charge in [-0.25, -0.2) is 4.39 Å². The van der Waals surface area contributed by atoms with Crippen LogP contribution in [0.1, 0.15) is 36.8 Å². The molecule has 0 spiro atoms. The molecule has 0 saturated carbocycles. The summed E-state index contributed by atoms with van der Waals surface area (Å²) in [5.41, 5.74) is 1.41. The molecule has 0 aromatic heterocycles. The third-order valence-corrected chi connectivity index (χ3v) is 3.71. The first-order valence-corrected chi connectivity index (χ1v) is 5.88. The van der Waals surface area contributed by atoms with Gasteiger partial charge in [-0.2, -0.15) is 0 Å². The van der Waals surface area contributed by atoms with Gasteiger partial charge in [0.1, 0.15) is 5.82 Å². The molecule has 0 saturated heterocycles. The number of rotatable bonds is 3. The second kappa shape index (κ2) is 5.18. The molecule has 0 N–H and O–H groups in total. The molecule has 15 heavy (non-hydrogen) atoms. The van der Waals surface area contributed by atoms with Crippen molar-refractivity contribution in [2.24, 2.45) is 5.92 Å². The molecule has 2 atom stereocenters. The molecule has 0 radical (unpaired) electrons. The van der Waals surface area contributed by atoms with Gasteiger partial charge < -0.3 is 0 Å². The van der Waals surface area contributed by atoms with Crippen LogP contribution in [-0.4, -0.2) is 0 Å². The van der Waals surface area contributed by atoms with Crippen molar-refractivity contribution in [1.29, 1.82) is 0 Å². The third-order valence-electron chi connectivity index (χ3n) is 2.72. The number of hydrogen-bond acceptors (Lipinski definition) is 0. The summed E-state index contributed by atoms with van der Waals surface area (Å²) < 4.78 is 13.2. The maximum atomic E-state index is 13.2. The molecule has 0 nitrogen and oxygen atoms in total. The van der Waals surface area contributed by atoms with Gasteiger partial charge in [0.05, 0.1) is 5.38 Å². The van der Waals surface area contributed by atoms with E-state index in [0.29, 0.717) is 16.5 Å². The van der Waals surface area contributed by atoms with Crippen LogP contribution in [0.4, 0.5) is 4.39 Å². The number of hydrogen-bond donors (Lipinski definition) is 0. The Bertz CT molecular complexity index is 350. The first kappa shape index (κ1) is 12.8. The van der Waals surface area contributed by atoms with Gasteiger partial charge in [0.25, 0.3) is 0 Å². The normalized spacial score (nSPS) is 15.1. The Morgan fingerprint density at radius 1 is 1.40 bits per heavy atom. The zero-order valence-corrected chi connectivity index (χ0v) is 10.7. The lowest BCUT2D eigenvalue weighted by Gasteiger charge is -2.18. The van der Waals surface area contributed by atoms with Crippen LogP contribution in [0.5, 0.6) is 0 Å². The number of alkyl halides is 1. The average molecular weight is 249 g/mol. The predicted octanol–water partition coefficient (Wildman–Crippen LogP) is 5.11. The Balaban J connectivity index is 3.09. The van der Waals surface area contributed by atoms with E-state index in [1.807, 2.05) is 0 Å². The van der Waals surface area contributed by atoms with Crippen molar-refractivity contribution in [2.45, 2.75) is 32.6 Å². The van der Waals surface area contributed by atoms with Crippen LogP contribution in [-0.2, 0) is 0 Å². The van der Waals surface area contributed by atoms with Crippen LogP contribution in [0.25, 0.3) is 0 Å². The molecular weight excluding hydrogens is 234 g/mol. The lowest BCUT2D eigenvalue weighted by molar-refractivity contribution is 0.540. The van der Waals surface area contributed by atoms with Crippen molar-refractivity contribution in [2.75, 3.05) is 0 Å². The first-order valence-electron chi connectivity index (χ1n) is 5.07. The van der Waals surface area contributed by atoms with Crippen LogP contribution in [0, 0.1) is 18.7 Å². The molecule has 0 aliphatic carbocycles. The smallest absolute Gasteiger partial charge is 0.127 e. The summed E-state index contributed by atoms with van der Waals surface area (Å²) in [7, 11) is 0. The molecule has 0 bridgehead atoms. The van der Waals surface area contributed by atoms with E-state index >= 15 is 0 Å². The van der Waals surface area contributed by atoms with E-state index < -0.39 is 0 Å². The highest BCUT2D eigenvalue weighted by atomic mass is 35.5. The summed E-state index contributed by atoms with van der Waals surface area (Å²) in [5.74, 6) is 0.0470. The van der Waals surface area contributed by atoms with Gasteiger partial charge in [-0.05, 0) is 30.0 Å². The van der Waals surface area contributed by atoms with Gasteiger partial charge in [-0.15, -0.1) is 11.6 Å². The fraction of sp³-hybridized carbons (Fsp3) is 0.500. The highest BCUT2D eigenvalue weighted by molar-refractivity contribution is 6.32. The second-order valence-corrected chi connectivity index (χ2v) is 4.79. The Morgan fingerprint density at radius 2 is 2.00 bits per heavy atom. The third kappa shape index (κ3) is 2.85. The molecule has 84 valence electrons. The molecule has 1 aromatic rings. The van der Waals surface area contributed by atoms with E-state index in [0.717, 1.165) is 12.0 Å². The summed E-state index contributed by atoms with van der Waals surface area (Å²) in [6.45, 7) is 5.85. The minimum atomic E-state index is -0.281. The van der Waals surface area contributed by atoms with Gasteiger partial charge in [-0.3, -0.25) is 0 Å². The molecule has 0 aliphatic rings. The van der Waals surface area contributed by atoms with E-state index in [1.165, 1.54) is 6.07 Å². The van der Waals surface area contributed by atoms with Gasteiger partial charge in [0.2, 0.25) is 0 Å². The van der Waals surface area contributed by atoms with E-state index in [-0.39, 0.29) is 11.2 Å². The van der Waals surface area contributed by atoms with Crippen molar-refractivity contribution in [1.82, 2.24) is 0 Å². The van der Waals surface area contributed by atoms with E-state index in [4.69, 9.17) is 23.2 Å². The first-order chi connectivity index (χ1) is 6.97. The van der Waals surface area contributed by atoms with E-state index in [2.05, 4.69) is 13.8 Å². The molecule has 2 unspecified atom stereocenters. The number of halogens is 3. The van der Waals surface area contributed by atoms with Crippen LogP contribution < -0.4 is 0 Å². The summed E-state index contributed by atoms with van der Waals surface area (Å²) in [5, 5.41) is 0.264. The number of aryl methyl sites for hydroxylation is 1. The van der Waals surface area contributed by atoms with Crippen molar-refractivity contribution >= 4 is 23.2 Å². The topological polar surface area (TPSA) is 0 Å². The zero-order chi connectivity index (χ0) is 11.6. The zero-order valence-electron chi connectivity index (χ0n) is 9.15. The minimum Gasteiger partial charge on any atom is -0.207 e. The quantitative estimate of drug-likeness (QED) is 0.652. The van der Waals surface area contributed by atoms with Crippen LogP contribution in [0.2, 0.25) is 5.02 Å². The van der Waals surface area contributed by atoms with E-state index in [1.54, 1.807) is 13.0 Å². The van der Waals surface area contributed by atoms with Gasteiger partial charge in [-0.1, -0.05) is 37.9 Å². The molecule has 1 rings (SSSR count). The molecule has 1 aromatic carbocycles. The maximum absolute atomic E-state index is 13.2. The highest BCUT2D eigenvalue weighted by Gasteiger charge is 2.19. The van der Waals surface area contributed by atoms with Crippen molar-refractivity contribution in [3.8, 4) is 0 Å². The largest absolute Gasteiger partial charge is 0.207 e. The van der Waals surface area contributed by atoms with Crippen LogP contribution in [0.3, 0.4) is 0 Å². The molecule has 0 aliphatic heterocycles. The molecule has 0 fully saturated rings. The molecular formula is C12H15Cl2F. The van der Waals surface area contributed by atoms with E-state index in [9.17, 15) is 4.39 Å². The monoisotopic (exact) mass is 248 g/mol. The van der Waals surface area contributed by atoms with Crippen LogP contribution in [0.15, 0.2) is 12.1 Å². The maximum Gasteiger partial charge on any atom is 0.127 e. The molecule has 0 amide bonds. The Hall–Kier alpha value is -0.270. The SMILES string of the molecule is CCC(C)C(Cl)c1cc(C)c(F)cc1Cl. The Kier molecular flexibility index (Phi) is 4.42. The minimum absolute atomic E-state index is 0.151. The van der Waals surface area contributed by atoms with Crippen molar-refractivity contribution in [3.63, 3.8) is 0 Å². The summed E-state index contributed by atoms with van der Waals surface area (Å²) in [6, 6.07) is 3.07. The lowest BCUT2D eigenvalue weighted by atomic mass is 9.97. The van der Waals surface area contributed by atoms with Gasteiger partial charge >= 0.3 is 0 Å². The summed E-state index contributed by atoms with van der Waals surface area (Å²) in [6.07, 6.45) is 0.973. The predicted molar refractivity (Wildman–Crippen MR) is 64.2 cm³/mol. The molecule has 3 heteroatoms. The van der Waals surface area contributed by atoms with Crippen molar-refractivity contribution < 1.29 is 4.39 Å². The molecule has 0 heterocycles. The van der Waals surface area contributed by atoms with Gasteiger partial charge in [0, 0.05) is 5.02 Å². The standard InChI is InChI=1S/C12H15Cl2F/c1-4-7(2)12(14)9-5-8(3)11(15)6-10(9)13/h5-7,12H,4H2,1-3H3. The van der Waals surface area contributed by atoms with Gasteiger partial charge in [0.15, 0.2) is 0 Å². The fourth-order valence-corrected chi connectivity index (χ4v) is 2.09. The second-order valence-electron chi connectivity index (χ2n) is 3.91. The average Bonchev–Trinajstić information content (AvgIpc) is 2.21. The highest BCUT2D eigenvalue weighted by Crippen LogP contribution is 2.36. The van der Waals surface area contributed by atoms with Crippen molar-refractivity contribution in [3.05, 3.63) is 34.1 Å². The van der Waals surface area contributed by atoms with Crippen LogP contribution >= 0.6 is 23.2 Å². The Labute approximate surface area is 100 Å². The Morgan fingerprint density at radius 3 is 2.53 bits per heavy atom. The fourth-order valence-electron chi connectivity index (χ4n) is 1.40. The number of benzene rings is 1. The lowest BCUT2D eigenvalue weighted by Crippen LogP contribution is -2.04.